The number of anilines is 1. The van der Waals surface area contributed by atoms with Gasteiger partial charge >= 0.3 is 0 Å². The van der Waals surface area contributed by atoms with Crippen molar-refractivity contribution in [3.63, 3.8) is 0 Å². The third-order valence-corrected chi connectivity index (χ3v) is 4.11. The first-order valence-electron chi connectivity index (χ1n) is 8.09. The summed E-state index contributed by atoms with van der Waals surface area (Å²) in [5.41, 5.74) is 1.51. The normalized spacial score (nSPS) is 17.0. The second-order valence-corrected chi connectivity index (χ2v) is 6.30. The minimum atomic E-state index is -0.138. The van der Waals surface area contributed by atoms with Crippen LogP contribution in [0, 0.1) is 18.3 Å². The highest BCUT2D eigenvalue weighted by Gasteiger charge is 2.27. The monoisotopic (exact) mass is 315 g/mol. The van der Waals surface area contributed by atoms with Gasteiger partial charge in [0.05, 0.1) is 11.6 Å². The van der Waals surface area contributed by atoms with Gasteiger partial charge in [-0.1, -0.05) is 0 Å². The molecule has 1 fully saturated rings. The molecule has 2 heterocycles. The molecule has 0 aromatic carbocycles. The van der Waals surface area contributed by atoms with E-state index in [1.807, 2.05) is 39.8 Å². The molecule has 0 aliphatic carbocycles. The van der Waals surface area contributed by atoms with Crippen LogP contribution in [-0.4, -0.2) is 54.1 Å². The van der Waals surface area contributed by atoms with Gasteiger partial charge in [0.25, 0.3) is 0 Å². The van der Waals surface area contributed by atoms with E-state index in [-0.39, 0.29) is 18.0 Å². The molecule has 0 spiro atoms. The van der Waals surface area contributed by atoms with Crippen LogP contribution in [0.25, 0.3) is 0 Å². The van der Waals surface area contributed by atoms with Gasteiger partial charge in [-0.15, -0.1) is 0 Å². The Hall–Kier alpha value is -2.13. The van der Waals surface area contributed by atoms with Crippen molar-refractivity contribution in [1.29, 1.82) is 5.26 Å². The van der Waals surface area contributed by atoms with Crippen molar-refractivity contribution in [3.05, 3.63) is 23.4 Å². The van der Waals surface area contributed by atoms with E-state index in [1.54, 1.807) is 0 Å². The van der Waals surface area contributed by atoms with Crippen LogP contribution in [0.4, 0.5) is 5.82 Å². The van der Waals surface area contributed by atoms with Gasteiger partial charge in [0.1, 0.15) is 11.9 Å². The van der Waals surface area contributed by atoms with Crippen LogP contribution in [-0.2, 0) is 4.79 Å². The van der Waals surface area contributed by atoms with Crippen molar-refractivity contribution in [2.75, 3.05) is 31.1 Å². The molecule has 23 heavy (non-hydrogen) atoms. The Morgan fingerprint density at radius 1 is 1.26 bits per heavy atom. The number of aromatic nitrogens is 1. The Kier molecular flexibility index (Phi) is 5.56. The summed E-state index contributed by atoms with van der Waals surface area (Å²) in [5, 5.41) is 12.2. The molecule has 124 valence electrons. The van der Waals surface area contributed by atoms with Gasteiger partial charge in [-0.05, 0) is 39.8 Å². The molecule has 6 nitrogen and oxygen atoms in total. The molecule has 2 rings (SSSR count). The van der Waals surface area contributed by atoms with E-state index in [0.717, 1.165) is 37.7 Å². The lowest BCUT2D eigenvalue weighted by atomic mass is 10.2. The molecule has 0 bridgehead atoms. The van der Waals surface area contributed by atoms with Gasteiger partial charge in [-0.2, -0.15) is 5.26 Å². The van der Waals surface area contributed by atoms with Gasteiger partial charge in [-0.3, -0.25) is 9.69 Å². The second kappa shape index (κ2) is 7.42. The lowest BCUT2D eigenvalue weighted by molar-refractivity contribution is -0.126. The number of piperazine rings is 1. The van der Waals surface area contributed by atoms with Gasteiger partial charge in [0, 0.05) is 37.9 Å². The van der Waals surface area contributed by atoms with Crippen molar-refractivity contribution in [2.45, 2.75) is 39.8 Å². The van der Waals surface area contributed by atoms with Crippen LogP contribution in [0.2, 0.25) is 0 Å². The molecule has 0 radical (unpaired) electrons. The first-order valence-corrected chi connectivity index (χ1v) is 8.09. The van der Waals surface area contributed by atoms with Crippen molar-refractivity contribution < 1.29 is 4.79 Å². The van der Waals surface area contributed by atoms with E-state index < -0.39 is 0 Å². The lowest BCUT2D eigenvalue weighted by Gasteiger charge is -2.38. The number of hydrogen-bond donors (Lipinski definition) is 1. The number of rotatable bonds is 4. The summed E-state index contributed by atoms with van der Waals surface area (Å²) in [6.45, 7) is 10.9. The molecule has 6 heteroatoms. The minimum Gasteiger partial charge on any atom is -0.353 e. The Morgan fingerprint density at radius 3 is 2.48 bits per heavy atom. The Labute approximate surface area is 138 Å². The lowest BCUT2D eigenvalue weighted by Crippen LogP contribution is -2.54. The first-order chi connectivity index (χ1) is 10.9. The predicted molar refractivity (Wildman–Crippen MR) is 90.2 cm³/mol. The summed E-state index contributed by atoms with van der Waals surface area (Å²) < 4.78 is 0. The zero-order valence-corrected chi connectivity index (χ0v) is 14.3. The van der Waals surface area contributed by atoms with E-state index in [9.17, 15) is 10.1 Å². The molecule has 1 saturated heterocycles. The number of hydrogen-bond acceptors (Lipinski definition) is 5. The first kappa shape index (κ1) is 17.2. The standard InChI is InChI=1S/C17H25N5O/c1-12(2)19-17(23)14(4)21-7-9-22(10-8-21)16-15(11-18)6-5-13(3)20-16/h5-6,12,14H,7-10H2,1-4H3,(H,19,23). The van der Waals surface area contributed by atoms with E-state index in [1.165, 1.54) is 0 Å². The fourth-order valence-corrected chi connectivity index (χ4v) is 2.76. The van der Waals surface area contributed by atoms with E-state index in [0.29, 0.717) is 5.56 Å². The van der Waals surface area contributed by atoms with Gasteiger partial charge < -0.3 is 10.2 Å². The quantitative estimate of drug-likeness (QED) is 0.906. The van der Waals surface area contributed by atoms with Crippen LogP contribution in [0.15, 0.2) is 12.1 Å². The number of pyridine rings is 1. The highest BCUT2D eigenvalue weighted by molar-refractivity contribution is 5.81. The summed E-state index contributed by atoms with van der Waals surface area (Å²) in [6, 6.07) is 5.91. The molecule has 1 aromatic rings. The topological polar surface area (TPSA) is 72.3 Å². The van der Waals surface area contributed by atoms with Crippen molar-refractivity contribution in [1.82, 2.24) is 15.2 Å². The number of aryl methyl sites for hydroxylation is 1. The summed E-state index contributed by atoms with van der Waals surface area (Å²) in [4.78, 5) is 21.0. The second-order valence-electron chi connectivity index (χ2n) is 6.30. The minimum absolute atomic E-state index is 0.0693. The van der Waals surface area contributed by atoms with Crippen LogP contribution in [0.1, 0.15) is 32.0 Å². The number of nitriles is 1. The molecule has 1 aromatic heterocycles. The Bertz CT molecular complexity index is 599. The Balaban J connectivity index is 2.00. The zero-order valence-electron chi connectivity index (χ0n) is 14.3. The van der Waals surface area contributed by atoms with Crippen molar-refractivity contribution >= 4 is 11.7 Å². The molecule has 1 aliphatic heterocycles. The number of nitrogens with one attached hydrogen (secondary N) is 1. The van der Waals surface area contributed by atoms with Gasteiger partial charge in [0.2, 0.25) is 5.91 Å². The maximum atomic E-state index is 12.1. The molecular weight excluding hydrogens is 290 g/mol. The van der Waals surface area contributed by atoms with Gasteiger partial charge in [-0.25, -0.2) is 4.98 Å². The van der Waals surface area contributed by atoms with E-state index >= 15 is 0 Å². The summed E-state index contributed by atoms with van der Waals surface area (Å²) >= 11 is 0. The smallest absolute Gasteiger partial charge is 0.237 e. The number of carbonyl (C=O) groups excluding carboxylic acids is 1. The predicted octanol–water partition coefficient (Wildman–Crippen LogP) is 1.30. The van der Waals surface area contributed by atoms with Crippen molar-refractivity contribution in [3.8, 4) is 6.07 Å². The largest absolute Gasteiger partial charge is 0.353 e. The molecule has 1 amide bonds. The number of nitrogens with zero attached hydrogens (tertiary/aromatic N) is 4. The average Bonchev–Trinajstić information content (AvgIpc) is 2.53. The summed E-state index contributed by atoms with van der Waals surface area (Å²) in [7, 11) is 0. The van der Waals surface area contributed by atoms with Crippen LogP contribution in [0.5, 0.6) is 0 Å². The highest BCUT2D eigenvalue weighted by Crippen LogP contribution is 2.20. The average molecular weight is 315 g/mol. The van der Waals surface area contributed by atoms with Crippen LogP contribution in [0.3, 0.4) is 0 Å². The maximum Gasteiger partial charge on any atom is 0.237 e. The summed E-state index contributed by atoms with van der Waals surface area (Å²) in [6.07, 6.45) is 0. The molecular formula is C17H25N5O. The SMILES string of the molecule is Cc1ccc(C#N)c(N2CCN(C(C)C(=O)NC(C)C)CC2)n1. The fraction of sp³-hybridized carbons (Fsp3) is 0.588. The summed E-state index contributed by atoms with van der Waals surface area (Å²) in [5.74, 6) is 0.825. The van der Waals surface area contributed by atoms with Crippen molar-refractivity contribution in [2.24, 2.45) is 0 Å². The highest BCUT2D eigenvalue weighted by atomic mass is 16.2. The zero-order chi connectivity index (χ0) is 17.0. The third-order valence-electron chi connectivity index (χ3n) is 4.11. The van der Waals surface area contributed by atoms with E-state index in [2.05, 4.69) is 26.2 Å². The molecule has 1 atom stereocenters. The molecule has 1 N–H and O–H groups in total. The van der Waals surface area contributed by atoms with Gasteiger partial charge in [0.15, 0.2) is 0 Å². The van der Waals surface area contributed by atoms with E-state index in [4.69, 9.17) is 0 Å². The third kappa shape index (κ3) is 4.20. The number of amides is 1. The van der Waals surface area contributed by atoms with Crippen LogP contribution < -0.4 is 10.2 Å². The van der Waals surface area contributed by atoms with Crippen LogP contribution >= 0.6 is 0 Å². The number of carbonyl (C=O) groups is 1. The fourth-order valence-electron chi connectivity index (χ4n) is 2.76. The maximum absolute atomic E-state index is 12.1. The molecule has 1 unspecified atom stereocenters. The Morgan fingerprint density at radius 2 is 1.91 bits per heavy atom. The molecule has 1 aliphatic rings. The molecule has 0 saturated carbocycles.